The van der Waals surface area contributed by atoms with Crippen molar-refractivity contribution < 1.29 is 39.3 Å². The molecule has 105 valence electrons. The molecule has 1 radical (unpaired) electrons. The van der Waals surface area contributed by atoms with E-state index in [0.717, 1.165) is 12.2 Å². The molecule has 0 amide bonds. The summed E-state index contributed by atoms with van der Waals surface area (Å²) >= 11 is 0. The fourth-order valence-electron chi connectivity index (χ4n) is 0.572. The maximum Gasteiger partial charge on any atom is 3.00 e. The van der Waals surface area contributed by atoms with Crippen LogP contribution in [0.15, 0.2) is 36.8 Å². The number of hydrogen-bond donors (Lipinski definition) is 1. The summed E-state index contributed by atoms with van der Waals surface area (Å²) in [5, 5.41) is 20.0. The van der Waals surface area contributed by atoms with Crippen molar-refractivity contribution >= 4 is 11.6 Å². The van der Waals surface area contributed by atoms with Gasteiger partial charge in [0, 0.05) is 0 Å². The monoisotopic (exact) mass is 345 g/mol. The Kier molecular flexibility index (Phi) is 35.2. The van der Waals surface area contributed by atoms with Gasteiger partial charge < -0.3 is 16.4 Å². The summed E-state index contributed by atoms with van der Waals surface area (Å²) in [4.78, 5) is 20.0. The third-order valence-electron chi connectivity index (χ3n) is 0.813. The first-order chi connectivity index (χ1) is 7.25. The molecule has 0 aliphatic rings. The molecule has 0 saturated carbocycles. The first-order valence-corrected chi connectivity index (χ1v) is 4.47. The van der Waals surface area contributed by atoms with Crippen LogP contribution < -0.4 is 16.4 Å². The summed E-state index contributed by atoms with van der Waals surface area (Å²) in [5.74, 6) is -0.750. The molecule has 5 nitrogen and oxygen atoms in total. The van der Waals surface area contributed by atoms with Crippen molar-refractivity contribution in [3.05, 3.63) is 36.8 Å². The topological polar surface area (TPSA) is 115 Å². The second-order valence-corrected chi connectivity index (χ2v) is 2.73. The zero-order valence-corrected chi connectivity index (χ0v) is 13.0. The fraction of sp³-hybridized carbons (Fsp3) is 0.333. The van der Waals surface area contributed by atoms with Gasteiger partial charge in [0.1, 0.15) is 0 Å². The smallest absolute Gasteiger partial charge is 0.876 e. The number of carbonyl (C=O) groups excluding carboxylic acids is 2. The third kappa shape index (κ3) is 61.2. The van der Waals surface area contributed by atoms with Crippen LogP contribution >= 0.6 is 0 Å². The largest absolute Gasteiger partial charge is 3.00 e. The van der Waals surface area contributed by atoms with E-state index in [1.54, 1.807) is 0 Å². The standard InChI is InChI=1S/2C5H8O2.C2H4.H3N.Ru/c2*1-4(6)3-5(2)7;1-2;;/h2*3,6H,1-2H3;1-2H2;1H3;/q;;;;+3/p-2/b2*4-3-;;;. The zero-order valence-electron chi connectivity index (χ0n) is 11.3. The molecule has 0 spiro atoms. The minimum Gasteiger partial charge on any atom is -0.876 e. The van der Waals surface area contributed by atoms with Gasteiger partial charge in [0.15, 0.2) is 11.6 Å². The number of ketones is 2. The summed E-state index contributed by atoms with van der Waals surface area (Å²) in [6, 6.07) is 0. The number of carbonyl (C=O) groups is 2. The van der Waals surface area contributed by atoms with E-state index < -0.39 is 0 Å². The van der Waals surface area contributed by atoms with E-state index >= 15 is 0 Å². The SMILES string of the molecule is C=C.CC(=O)/C=C(/C)[O-].CC(=O)/C=C(/C)[O-].N.[Ru+3]. The molecule has 0 atom stereocenters. The van der Waals surface area contributed by atoms with Crippen LogP contribution in [-0.4, -0.2) is 11.6 Å². The second kappa shape index (κ2) is 21.1. The van der Waals surface area contributed by atoms with E-state index in [-0.39, 0.29) is 48.7 Å². The fourth-order valence-corrected chi connectivity index (χ4v) is 0.572. The molecule has 0 aliphatic carbocycles. The van der Waals surface area contributed by atoms with E-state index in [2.05, 4.69) is 13.2 Å². The van der Waals surface area contributed by atoms with Crippen molar-refractivity contribution in [1.29, 1.82) is 0 Å². The van der Waals surface area contributed by atoms with Crippen LogP contribution in [0, 0.1) is 0 Å². The molecule has 0 bridgehead atoms. The molecule has 3 N–H and O–H groups in total. The minimum absolute atomic E-state index is 0. The van der Waals surface area contributed by atoms with E-state index in [0.29, 0.717) is 0 Å². The summed E-state index contributed by atoms with van der Waals surface area (Å²) in [6.45, 7) is 11.4. The molecule has 0 unspecified atom stereocenters. The van der Waals surface area contributed by atoms with E-state index in [1.807, 2.05) is 0 Å². The van der Waals surface area contributed by atoms with Gasteiger partial charge in [0.2, 0.25) is 0 Å². The van der Waals surface area contributed by atoms with Gasteiger partial charge in [0.05, 0.1) is 0 Å². The molecule has 0 rings (SSSR count). The third-order valence-corrected chi connectivity index (χ3v) is 0.813. The average molecular weight is 344 g/mol. The molecule has 0 heterocycles. The van der Waals surface area contributed by atoms with Crippen molar-refractivity contribution in [3.63, 3.8) is 0 Å². The quantitative estimate of drug-likeness (QED) is 0.342. The van der Waals surface area contributed by atoms with Crippen LogP contribution in [0.1, 0.15) is 27.7 Å². The molecule has 18 heavy (non-hydrogen) atoms. The summed E-state index contributed by atoms with van der Waals surface area (Å²) in [6.07, 6.45) is 2.11. The molecular formula is C12H21NO4Ru+. The Hall–Kier alpha value is -1.26. The Bertz CT molecular complexity index is 250. The molecular weight excluding hydrogens is 323 g/mol. The van der Waals surface area contributed by atoms with E-state index in [1.165, 1.54) is 27.7 Å². The van der Waals surface area contributed by atoms with E-state index in [9.17, 15) is 19.8 Å². The average Bonchev–Trinajstić information content (AvgIpc) is 2.03. The van der Waals surface area contributed by atoms with Gasteiger partial charge in [-0.1, -0.05) is 13.8 Å². The van der Waals surface area contributed by atoms with Gasteiger partial charge in [-0.3, -0.25) is 9.59 Å². The Morgan fingerprint density at radius 2 is 1.00 bits per heavy atom. The Morgan fingerprint density at radius 1 is 0.833 bits per heavy atom. The van der Waals surface area contributed by atoms with Crippen molar-refractivity contribution in [2.45, 2.75) is 27.7 Å². The summed E-state index contributed by atoms with van der Waals surface area (Å²) in [7, 11) is 0. The molecule has 6 heteroatoms. The van der Waals surface area contributed by atoms with Crippen LogP contribution in [0.2, 0.25) is 0 Å². The van der Waals surface area contributed by atoms with Gasteiger partial charge >= 0.3 is 19.5 Å². The van der Waals surface area contributed by atoms with Crippen LogP contribution in [0.5, 0.6) is 0 Å². The van der Waals surface area contributed by atoms with Crippen LogP contribution in [0.3, 0.4) is 0 Å². The van der Waals surface area contributed by atoms with Crippen molar-refractivity contribution in [2.75, 3.05) is 0 Å². The van der Waals surface area contributed by atoms with Crippen LogP contribution in [0.25, 0.3) is 0 Å². The molecule has 0 fully saturated rings. The zero-order chi connectivity index (χ0) is 13.7. The summed E-state index contributed by atoms with van der Waals surface area (Å²) < 4.78 is 0. The van der Waals surface area contributed by atoms with E-state index in [4.69, 9.17) is 0 Å². The maximum absolute atomic E-state index is 9.98. The van der Waals surface area contributed by atoms with Crippen LogP contribution in [-0.2, 0) is 29.1 Å². The van der Waals surface area contributed by atoms with Gasteiger partial charge in [-0.25, -0.2) is 0 Å². The van der Waals surface area contributed by atoms with Gasteiger partial charge in [-0.05, 0) is 26.0 Å². The van der Waals surface area contributed by atoms with Crippen LogP contribution in [0.4, 0.5) is 0 Å². The Labute approximate surface area is 122 Å². The number of hydrogen-bond acceptors (Lipinski definition) is 5. The number of allylic oxidation sites excluding steroid dienone is 4. The minimum atomic E-state index is -0.187. The normalized spacial score (nSPS) is 9.11. The Balaban J connectivity index is -0.0000000500. The Morgan fingerprint density at radius 3 is 1.00 bits per heavy atom. The first kappa shape index (κ1) is 30.1. The number of rotatable bonds is 2. The molecule has 0 saturated heterocycles. The summed E-state index contributed by atoms with van der Waals surface area (Å²) in [5.41, 5.74) is 0. The van der Waals surface area contributed by atoms with Gasteiger partial charge in [0.25, 0.3) is 0 Å². The molecule has 0 aromatic rings. The van der Waals surface area contributed by atoms with Crippen molar-refractivity contribution in [1.82, 2.24) is 6.15 Å². The van der Waals surface area contributed by atoms with Crippen molar-refractivity contribution in [3.8, 4) is 0 Å². The van der Waals surface area contributed by atoms with Gasteiger partial charge in [-0.15, -0.1) is 24.7 Å². The predicted octanol–water partition coefficient (Wildman–Crippen LogP) is 0.641. The molecule has 0 aromatic heterocycles. The molecule has 0 aromatic carbocycles. The van der Waals surface area contributed by atoms with Crippen molar-refractivity contribution in [2.24, 2.45) is 0 Å². The maximum atomic E-state index is 9.98. The second-order valence-electron chi connectivity index (χ2n) is 2.73. The first-order valence-electron chi connectivity index (χ1n) is 4.47. The van der Waals surface area contributed by atoms with Gasteiger partial charge in [-0.2, -0.15) is 0 Å². The molecule has 0 aliphatic heterocycles. The predicted molar refractivity (Wildman–Crippen MR) is 65.2 cm³/mol.